The molecule has 8 heteroatoms. The summed E-state index contributed by atoms with van der Waals surface area (Å²) < 4.78 is 27.7. The number of tetrazole rings is 1. The highest BCUT2D eigenvalue weighted by Gasteiger charge is 2.15. The van der Waals surface area contributed by atoms with Crippen molar-refractivity contribution in [1.29, 1.82) is 0 Å². The molecule has 0 spiro atoms. The lowest BCUT2D eigenvalue weighted by Crippen LogP contribution is -2.06. The standard InChI is InChI=1S/C16H12F2N4OS/c1-10-4-2-3-5-14(10)22-16(19-20-21-22)24-9-15(23)11-6-7-12(17)13(18)8-11/h2-8H,9H2,1H3. The van der Waals surface area contributed by atoms with Crippen LogP contribution in [-0.2, 0) is 0 Å². The molecule has 0 saturated heterocycles. The fourth-order valence-electron chi connectivity index (χ4n) is 2.10. The van der Waals surface area contributed by atoms with Gasteiger partial charge in [-0.05, 0) is 47.2 Å². The molecule has 0 aliphatic rings. The number of carbonyl (C=O) groups excluding carboxylic acids is 1. The number of hydrogen-bond acceptors (Lipinski definition) is 5. The minimum atomic E-state index is -1.05. The van der Waals surface area contributed by atoms with Gasteiger partial charge in [0.1, 0.15) is 0 Å². The molecule has 0 fully saturated rings. The molecule has 0 amide bonds. The Hall–Kier alpha value is -2.61. The van der Waals surface area contributed by atoms with Gasteiger partial charge in [-0.15, -0.1) is 5.10 Å². The molecule has 1 aromatic heterocycles. The highest BCUT2D eigenvalue weighted by Crippen LogP contribution is 2.21. The number of thioether (sulfide) groups is 1. The summed E-state index contributed by atoms with van der Waals surface area (Å²) in [5, 5.41) is 11.9. The van der Waals surface area contributed by atoms with Gasteiger partial charge < -0.3 is 0 Å². The van der Waals surface area contributed by atoms with E-state index in [4.69, 9.17) is 0 Å². The van der Waals surface area contributed by atoms with Gasteiger partial charge in [0.2, 0.25) is 5.16 Å². The summed E-state index contributed by atoms with van der Waals surface area (Å²) in [5.41, 5.74) is 1.90. The Labute approximate surface area is 140 Å². The molecule has 2 aromatic carbocycles. The quantitative estimate of drug-likeness (QED) is 0.524. The molecule has 0 N–H and O–H groups in total. The van der Waals surface area contributed by atoms with Gasteiger partial charge in [0, 0.05) is 5.56 Å². The average molecular weight is 346 g/mol. The predicted molar refractivity (Wildman–Crippen MR) is 85.3 cm³/mol. The SMILES string of the molecule is Cc1ccccc1-n1nnnc1SCC(=O)c1ccc(F)c(F)c1. The van der Waals surface area contributed by atoms with Crippen LogP contribution >= 0.6 is 11.8 Å². The molecule has 24 heavy (non-hydrogen) atoms. The van der Waals surface area contributed by atoms with E-state index in [0.717, 1.165) is 35.1 Å². The first kappa shape index (κ1) is 16.3. The van der Waals surface area contributed by atoms with E-state index >= 15 is 0 Å². The van der Waals surface area contributed by atoms with Crippen LogP contribution in [0.1, 0.15) is 15.9 Å². The number of hydrogen-bond donors (Lipinski definition) is 0. The number of carbonyl (C=O) groups is 1. The number of aryl methyl sites for hydroxylation is 1. The van der Waals surface area contributed by atoms with Crippen LogP contribution in [0.25, 0.3) is 5.69 Å². The number of Topliss-reactive ketones (excluding diaryl/α,β-unsaturated/α-hetero) is 1. The maximum atomic E-state index is 13.2. The molecular weight excluding hydrogens is 334 g/mol. The van der Waals surface area contributed by atoms with Crippen molar-refractivity contribution in [1.82, 2.24) is 20.2 Å². The molecule has 1 heterocycles. The third-order valence-electron chi connectivity index (χ3n) is 3.36. The fraction of sp³-hybridized carbons (Fsp3) is 0.125. The van der Waals surface area contributed by atoms with Crippen LogP contribution in [0.4, 0.5) is 8.78 Å². The summed E-state index contributed by atoms with van der Waals surface area (Å²) in [7, 11) is 0. The molecule has 0 saturated carbocycles. The van der Waals surface area contributed by atoms with Crippen LogP contribution < -0.4 is 0 Å². The first-order valence-electron chi connectivity index (χ1n) is 7.01. The molecule has 0 aliphatic carbocycles. The topological polar surface area (TPSA) is 60.7 Å². The predicted octanol–water partition coefficient (Wildman–Crippen LogP) is 3.22. The summed E-state index contributed by atoms with van der Waals surface area (Å²) in [5.74, 6) is -2.35. The zero-order valence-electron chi connectivity index (χ0n) is 12.6. The van der Waals surface area contributed by atoms with E-state index in [9.17, 15) is 13.6 Å². The lowest BCUT2D eigenvalue weighted by atomic mass is 10.1. The second kappa shape index (κ2) is 6.88. The minimum Gasteiger partial charge on any atom is -0.293 e. The summed E-state index contributed by atoms with van der Waals surface area (Å²) in [6.07, 6.45) is 0. The van der Waals surface area contributed by atoms with Crippen molar-refractivity contribution < 1.29 is 13.6 Å². The maximum Gasteiger partial charge on any atom is 0.214 e. The van der Waals surface area contributed by atoms with Crippen molar-refractivity contribution in [3.05, 3.63) is 65.2 Å². The number of aromatic nitrogens is 4. The third kappa shape index (κ3) is 3.33. The molecule has 3 rings (SSSR count). The van der Waals surface area contributed by atoms with E-state index in [1.54, 1.807) is 4.68 Å². The molecule has 0 aliphatic heterocycles. The monoisotopic (exact) mass is 346 g/mol. The lowest BCUT2D eigenvalue weighted by Gasteiger charge is -2.07. The van der Waals surface area contributed by atoms with E-state index in [1.165, 1.54) is 6.07 Å². The zero-order chi connectivity index (χ0) is 17.1. The smallest absolute Gasteiger partial charge is 0.214 e. The second-order valence-corrected chi connectivity index (χ2v) is 5.94. The molecule has 0 bridgehead atoms. The van der Waals surface area contributed by atoms with Crippen LogP contribution in [-0.4, -0.2) is 31.7 Å². The van der Waals surface area contributed by atoms with E-state index in [0.29, 0.717) is 5.16 Å². The Bertz CT molecular complexity index is 897. The van der Waals surface area contributed by atoms with Crippen LogP contribution in [0.2, 0.25) is 0 Å². The normalized spacial score (nSPS) is 10.8. The van der Waals surface area contributed by atoms with Crippen LogP contribution in [0.3, 0.4) is 0 Å². The average Bonchev–Trinajstić information content (AvgIpc) is 3.04. The first-order chi connectivity index (χ1) is 11.6. The Morgan fingerprint density at radius 1 is 1.17 bits per heavy atom. The van der Waals surface area contributed by atoms with E-state index in [-0.39, 0.29) is 17.1 Å². The highest BCUT2D eigenvalue weighted by molar-refractivity contribution is 7.99. The number of halogens is 2. The fourth-order valence-corrected chi connectivity index (χ4v) is 2.88. The molecular formula is C16H12F2N4OS. The molecule has 3 aromatic rings. The number of rotatable bonds is 5. The second-order valence-electron chi connectivity index (χ2n) is 5.00. The largest absolute Gasteiger partial charge is 0.293 e. The van der Waals surface area contributed by atoms with Crippen LogP contribution in [0.15, 0.2) is 47.6 Å². The Morgan fingerprint density at radius 3 is 2.71 bits per heavy atom. The summed E-state index contributed by atoms with van der Waals surface area (Å²) >= 11 is 1.13. The van der Waals surface area contributed by atoms with Gasteiger partial charge in [-0.25, -0.2) is 8.78 Å². The maximum absolute atomic E-state index is 13.2. The summed E-state index contributed by atoms with van der Waals surface area (Å²) in [6, 6.07) is 10.6. The first-order valence-corrected chi connectivity index (χ1v) is 8.00. The molecule has 0 atom stereocenters. The van der Waals surface area contributed by atoms with Crippen molar-refractivity contribution in [2.24, 2.45) is 0 Å². The number of nitrogens with zero attached hydrogens (tertiary/aromatic N) is 4. The van der Waals surface area contributed by atoms with Crippen LogP contribution in [0.5, 0.6) is 0 Å². The van der Waals surface area contributed by atoms with Crippen LogP contribution in [0, 0.1) is 18.6 Å². The Balaban J connectivity index is 1.76. The molecule has 0 unspecified atom stereocenters. The van der Waals surface area contributed by atoms with Gasteiger partial charge in [-0.2, -0.15) is 4.68 Å². The molecule has 0 radical (unpaired) electrons. The number of benzene rings is 2. The minimum absolute atomic E-state index is 0.0112. The molecule has 5 nitrogen and oxygen atoms in total. The Kier molecular flexibility index (Phi) is 4.66. The van der Waals surface area contributed by atoms with E-state index < -0.39 is 11.6 Å². The van der Waals surface area contributed by atoms with Gasteiger partial charge >= 0.3 is 0 Å². The van der Waals surface area contributed by atoms with Crippen molar-refractivity contribution in [2.75, 3.05) is 5.75 Å². The van der Waals surface area contributed by atoms with E-state index in [2.05, 4.69) is 15.5 Å². The van der Waals surface area contributed by atoms with Gasteiger partial charge in [-0.3, -0.25) is 4.79 Å². The summed E-state index contributed by atoms with van der Waals surface area (Å²) in [6.45, 7) is 1.93. The van der Waals surface area contributed by atoms with E-state index in [1.807, 2.05) is 31.2 Å². The van der Waals surface area contributed by atoms with Crippen molar-refractivity contribution in [3.8, 4) is 5.69 Å². The number of para-hydroxylation sites is 1. The van der Waals surface area contributed by atoms with Crippen molar-refractivity contribution in [3.63, 3.8) is 0 Å². The third-order valence-corrected chi connectivity index (χ3v) is 4.28. The van der Waals surface area contributed by atoms with Crippen molar-refractivity contribution in [2.45, 2.75) is 12.1 Å². The highest BCUT2D eigenvalue weighted by atomic mass is 32.2. The van der Waals surface area contributed by atoms with Crippen molar-refractivity contribution >= 4 is 17.5 Å². The van der Waals surface area contributed by atoms with Gasteiger partial charge in [0.25, 0.3) is 0 Å². The number of ketones is 1. The molecule has 122 valence electrons. The van der Waals surface area contributed by atoms with Gasteiger partial charge in [0.05, 0.1) is 11.4 Å². The van der Waals surface area contributed by atoms with Gasteiger partial charge in [-0.1, -0.05) is 30.0 Å². The van der Waals surface area contributed by atoms with Gasteiger partial charge in [0.15, 0.2) is 17.4 Å². The Morgan fingerprint density at radius 2 is 1.96 bits per heavy atom. The lowest BCUT2D eigenvalue weighted by molar-refractivity contribution is 0.102. The summed E-state index contributed by atoms with van der Waals surface area (Å²) in [4.78, 5) is 12.1. The zero-order valence-corrected chi connectivity index (χ0v) is 13.4.